The van der Waals surface area contributed by atoms with Crippen LogP contribution in [0.15, 0.2) is 71.1 Å². The van der Waals surface area contributed by atoms with E-state index in [1.165, 1.54) is 4.90 Å². The molecule has 0 saturated carbocycles. The summed E-state index contributed by atoms with van der Waals surface area (Å²) in [5.74, 6) is 1.32. The molecule has 1 N–H and O–H groups in total. The molecule has 3 aromatic rings. The fourth-order valence-electron chi connectivity index (χ4n) is 3.29. The summed E-state index contributed by atoms with van der Waals surface area (Å²) in [6.45, 7) is 6.30. The average molecular weight is 454 g/mol. The number of benzene rings is 2. The van der Waals surface area contributed by atoms with Gasteiger partial charge in [0.05, 0.1) is 6.54 Å². The lowest BCUT2D eigenvalue weighted by atomic mass is 10.2. The zero-order valence-corrected chi connectivity index (χ0v) is 19.3. The Morgan fingerprint density at radius 3 is 2.38 bits per heavy atom. The van der Waals surface area contributed by atoms with E-state index in [9.17, 15) is 9.59 Å². The molecule has 168 valence electrons. The molecular weight excluding hydrogens is 426 g/mol. The maximum Gasteiger partial charge on any atom is 0.322 e. The zero-order valence-electron chi connectivity index (χ0n) is 18.5. The first kappa shape index (κ1) is 23.4. The lowest BCUT2D eigenvalue weighted by Gasteiger charge is -2.30. The van der Waals surface area contributed by atoms with E-state index in [0.717, 1.165) is 11.3 Å². The van der Waals surface area contributed by atoms with Crippen molar-refractivity contribution in [2.45, 2.75) is 39.9 Å². The molecule has 0 unspecified atom stereocenters. The molecule has 1 heterocycles. The van der Waals surface area contributed by atoms with Gasteiger partial charge in [0.15, 0.2) is 0 Å². The largest absolute Gasteiger partial charge is 0.464 e. The Balaban J connectivity index is 1.75. The third-order valence-corrected chi connectivity index (χ3v) is 5.21. The number of nitrogens with one attached hydrogen (secondary N) is 1. The summed E-state index contributed by atoms with van der Waals surface area (Å²) in [6.07, 6.45) is 0. The van der Waals surface area contributed by atoms with E-state index in [0.29, 0.717) is 29.6 Å². The fourth-order valence-corrected chi connectivity index (χ4v) is 3.48. The van der Waals surface area contributed by atoms with Gasteiger partial charge in [-0.25, -0.2) is 4.79 Å². The first-order chi connectivity index (χ1) is 15.3. The second-order valence-corrected chi connectivity index (χ2v) is 8.35. The molecule has 0 aliphatic carbocycles. The SMILES string of the molecule is Cc1ccc(CN(Cc2ccccc2)C(=O)CN(C(=O)Nc2cccc(Cl)c2)C(C)C)o1. The van der Waals surface area contributed by atoms with Crippen LogP contribution in [0.2, 0.25) is 5.02 Å². The van der Waals surface area contributed by atoms with Gasteiger partial charge in [-0.1, -0.05) is 48.0 Å². The molecule has 0 spiro atoms. The number of anilines is 1. The predicted octanol–water partition coefficient (Wildman–Crippen LogP) is 5.71. The van der Waals surface area contributed by atoms with E-state index < -0.39 is 0 Å². The third kappa shape index (κ3) is 6.62. The van der Waals surface area contributed by atoms with Gasteiger partial charge in [-0.3, -0.25) is 4.79 Å². The molecule has 6 nitrogen and oxygen atoms in total. The lowest BCUT2D eigenvalue weighted by Crippen LogP contribution is -2.47. The lowest BCUT2D eigenvalue weighted by molar-refractivity contribution is -0.133. The number of rotatable bonds is 8. The standard InChI is InChI=1S/C25H28ClN3O3/c1-18(2)29(25(31)27-22-11-7-10-21(26)14-22)17-24(30)28(15-20-8-5-4-6-9-20)16-23-13-12-19(3)32-23/h4-14,18H,15-17H2,1-3H3,(H,27,31). The van der Waals surface area contributed by atoms with Crippen molar-refractivity contribution in [3.05, 3.63) is 88.8 Å². The van der Waals surface area contributed by atoms with E-state index in [2.05, 4.69) is 5.32 Å². The van der Waals surface area contributed by atoms with E-state index in [1.54, 1.807) is 29.2 Å². The van der Waals surface area contributed by atoms with Crippen molar-refractivity contribution in [2.24, 2.45) is 0 Å². The number of furan rings is 1. The molecule has 0 bridgehead atoms. The van der Waals surface area contributed by atoms with Gasteiger partial charge in [0.2, 0.25) is 5.91 Å². The number of carbonyl (C=O) groups excluding carboxylic acids is 2. The molecular formula is C25H28ClN3O3. The summed E-state index contributed by atoms with van der Waals surface area (Å²) in [5.41, 5.74) is 1.58. The van der Waals surface area contributed by atoms with Crippen LogP contribution in [-0.4, -0.2) is 34.3 Å². The molecule has 3 amide bonds. The van der Waals surface area contributed by atoms with Gasteiger partial charge in [-0.2, -0.15) is 0 Å². The first-order valence-electron chi connectivity index (χ1n) is 10.5. The predicted molar refractivity (Wildman–Crippen MR) is 126 cm³/mol. The zero-order chi connectivity index (χ0) is 23.1. The number of nitrogens with zero attached hydrogens (tertiary/aromatic N) is 2. The number of halogens is 1. The molecule has 3 rings (SSSR count). The van der Waals surface area contributed by atoms with Crippen LogP contribution in [-0.2, 0) is 17.9 Å². The maximum atomic E-state index is 13.3. The summed E-state index contributed by atoms with van der Waals surface area (Å²) in [6, 6.07) is 19.9. The topological polar surface area (TPSA) is 65.8 Å². The summed E-state index contributed by atoms with van der Waals surface area (Å²) >= 11 is 6.02. The minimum absolute atomic E-state index is 0.0589. The highest BCUT2D eigenvalue weighted by atomic mass is 35.5. The van der Waals surface area contributed by atoms with Gasteiger partial charge in [-0.15, -0.1) is 0 Å². The van der Waals surface area contributed by atoms with Crippen LogP contribution in [0.4, 0.5) is 10.5 Å². The van der Waals surface area contributed by atoms with Crippen LogP contribution in [0.5, 0.6) is 0 Å². The first-order valence-corrected chi connectivity index (χ1v) is 10.9. The van der Waals surface area contributed by atoms with Crippen molar-refractivity contribution >= 4 is 29.2 Å². The number of urea groups is 1. The Kier molecular flexibility index (Phi) is 7.95. The molecule has 0 saturated heterocycles. The molecule has 0 radical (unpaired) electrons. The van der Waals surface area contributed by atoms with E-state index in [4.69, 9.17) is 16.0 Å². The molecule has 0 aliphatic rings. The van der Waals surface area contributed by atoms with Gasteiger partial charge in [-0.05, 0) is 56.7 Å². The highest BCUT2D eigenvalue weighted by Crippen LogP contribution is 2.17. The van der Waals surface area contributed by atoms with E-state index in [1.807, 2.05) is 63.2 Å². The van der Waals surface area contributed by atoms with E-state index >= 15 is 0 Å². The van der Waals surface area contributed by atoms with Crippen molar-refractivity contribution in [1.82, 2.24) is 9.80 Å². The quantitative estimate of drug-likeness (QED) is 0.474. The van der Waals surface area contributed by atoms with Crippen molar-refractivity contribution in [1.29, 1.82) is 0 Å². The molecule has 0 aliphatic heterocycles. The Labute approximate surface area is 193 Å². The fraction of sp³-hybridized carbons (Fsp3) is 0.280. The second-order valence-electron chi connectivity index (χ2n) is 7.91. The summed E-state index contributed by atoms with van der Waals surface area (Å²) in [7, 11) is 0. The molecule has 32 heavy (non-hydrogen) atoms. The van der Waals surface area contributed by atoms with Crippen LogP contribution in [0.1, 0.15) is 30.9 Å². The Bertz CT molecular complexity index is 1050. The minimum Gasteiger partial charge on any atom is -0.464 e. The average Bonchev–Trinajstić information content (AvgIpc) is 3.16. The second kappa shape index (κ2) is 10.9. The molecule has 7 heteroatoms. The van der Waals surface area contributed by atoms with Gasteiger partial charge >= 0.3 is 6.03 Å². The Hall–Kier alpha value is -3.25. The summed E-state index contributed by atoms with van der Waals surface area (Å²) in [5, 5.41) is 3.35. The molecule has 0 fully saturated rings. The van der Waals surface area contributed by atoms with Crippen LogP contribution in [0.3, 0.4) is 0 Å². The smallest absolute Gasteiger partial charge is 0.322 e. The number of aryl methyl sites for hydroxylation is 1. The number of amides is 3. The monoisotopic (exact) mass is 453 g/mol. The van der Waals surface area contributed by atoms with Crippen LogP contribution >= 0.6 is 11.6 Å². The van der Waals surface area contributed by atoms with Gasteiger partial charge in [0, 0.05) is 23.3 Å². The highest BCUT2D eigenvalue weighted by Gasteiger charge is 2.24. The Morgan fingerprint density at radius 2 is 1.75 bits per heavy atom. The maximum absolute atomic E-state index is 13.3. The summed E-state index contributed by atoms with van der Waals surface area (Å²) < 4.78 is 5.69. The summed E-state index contributed by atoms with van der Waals surface area (Å²) in [4.78, 5) is 29.5. The Morgan fingerprint density at radius 1 is 1.00 bits per heavy atom. The van der Waals surface area contributed by atoms with Crippen LogP contribution in [0.25, 0.3) is 0 Å². The number of hydrogen-bond donors (Lipinski definition) is 1. The van der Waals surface area contributed by atoms with Gasteiger partial charge < -0.3 is 19.5 Å². The number of hydrogen-bond acceptors (Lipinski definition) is 3. The number of carbonyl (C=O) groups is 2. The van der Waals surface area contributed by atoms with Crippen molar-refractivity contribution in [3.8, 4) is 0 Å². The third-order valence-electron chi connectivity index (χ3n) is 4.98. The normalized spacial score (nSPS) is 10.8. The van der Waals surface area contributed by atoms with Crippen molar-refractivity contribution in [2.75, 3.05) is 11.9 Å². The van der Waals surface area contributed by atoms with E-state index in [-0.39, 0.29) is 24.5 Å². The van der Waals surface area contributed by atoms with Crippen LogP contribution in [0, 0.1) is 6.92 Å². The highest BCUT2D eigenvalue weighted by molar-refractivity contribution is 6.30. The molecule has 0 atom stereocenters. The van der Waals surface area contributed by atoms with Gasteiger partial charge in [0.1, 0.15) is 18.1 Å². The van der Waals surface area contributed by atoms with Crippen molar-refractivity contribution < 1.29 is 14.0 Å². The minimum atomic E-state index is -0.357. The van der Waals surface area contributed by atoms with Gasteiger partial charge in [0.25, 0.3) is 0 Å². The molecule has 2 aromatic carbocycles. The van der Waals surface area contributed by atoms with Crippen LogP contribution < -0.4 is 5.32 Å². The van der Waals surface area contributed by atoms with Crippen molar-refractivity contribution in [3.63, 3.8) is 0 Å². The molecule has 1 aromatic heterocycles.